The zero-order valence-corrected chi connectivity index (χ0v) is 23.0. The molecule has 184 valence electrons. The Morgan fingerprint density at radius 3 is 2.47 bits per heavy atom. The molecule has 4 heteroatoms. The van der Waals surface area contributed by atoms with Crippen molar-refractivity contribution in [2.24, 2.45) is 46.3 Å². The van der Waals surface area contributed by atoms with Gasteiger partial charge in [-0.25, -0.2) is 0 Å². The highest BCUT2D eigenvalue weighted by atomic mass is 28.4. The summed E-state index contributed by atoms with van der Waals surface area (Å²) in [5.74, 6) is 4.65. The smallest absolute Gasteiger partial charge is 0.305 e. The lowest BCUT2D eigenvalue weighted by molar-refractivity contribution is -0.163. The van der Waals surface area contributed by atoms with Gasteiger partial charge in [-0.1, -0.05) is 33.6 Å². The maximum absolute atomic E-state index is 11.9. The van der Waals surface area contributed by atoms with E-state index in [1.807, 2.05) is 0 Å². The number of hydrogen-bond donors (Lipinski definition) is 0. The number of ether oxygens (including phenoxy) is 1. The molecule has 0 aliphatic heterocycles. The molecule has 0 bridgehead atoms. The van der Waals surface area contributed by atoms with E-state index in [4.69, 9.17) is 9.16 Å². The van der Waals surface area contributed by atoms with Gasteiger partial charge in [0.1, 0.15) is 0 Å². The fourth-order valence-electron chi connectivity index (χ4n) is 9.44. The van der Waals surface area contributed by atoms with Gasteiger partial charge in [-0.15, -0.1) is 0 Å². The predicted molar refractivity (Wildman–Crippen MR) is 134 cm³/mol. The average Bonchev–Trinajstić information content (AvgIpc) is 3.09. The third-order valence-electron chi connectivity index (χ3n) is 10.9. The zero-order chi connectivity index (χ0) is 23.3. The molecule has 4 saturated carbocycles. The SMILES string of the molecule is COC(=O)CC[C@@H](C)[C@H]1CC[C@H]2[C@@H]3CC[C@@H]4CCCC[C@]4(C)[C@H]3C[C@@H](O[Si](C)(C)C)[C@]12C. The molecule has 0 N–H and O–H groups in total. The Balaban J connectivity index is 1.64. The summed E-state index contributed by atoms with van der Waals surface area (Å²) in [6.45, 7) is 14.8. The molecule has 0 aromatic carbocycles. The van der Waals surface area contributed by atoms with E-state index in [0.29, 0.717) is 29.8 Å². The van der Waals surface area contributed by atoms with E-state index in [1.165, 1.54) is 64.9 Å². The summed E-state index contributed by atoms with van der Waals surface area (Å²) in [6, 6.07) is 0. The highest BCUT2D eigenvalue weighted by Crippen LogP contribution is 2.69. The number of rotatable bonds is 6. The molecule has 0 unspecified atom stereocenters. The molecule has 0 aromatic heterocycles. The molecule has 4 aliphatic carbocycles. The van der Waals surface area contributed by atoms with Crippen molar-refractivity contribution >= 4 is 14.3 Å². The van der Waals surface area contributed by atoms with Crippen LogP contribution in [-0.4, -0.2) is 27.5 Å². The van der Waals surface area contributed by atoms with E-state index >= 15 is 0 Å². The number of fused-ring (bicyclic) bond motifs is 5. The molecular weight excluding hydrogens is 412 g/mol. The quantitative estimate of drug-likeness (QED) is 0.303. The fraction of sp³-hybridized carbons (Fsp3) is 0.964. The molecule has 0 aromatic rings. The molecule has 0 radical (unpaired) electrons. The first kappa shape index (κ1) is 24.8. The molecule has 32 heavy (non-hydrogen) atoms. The molecule has 0 amide bonds. The molecule has 4 aliphatic rings. The standard InChI is InChI=1S/C28H50O3Si/c1-19(11-16-26(29)30-4)22-14-15-23-21-13-12-20-10-8-9-17-27(20,2)24(21)18-25(28(22,23)3)31-32(5,6)7/h19-25H,8-18H2,1-7H3/t19-,20+,21+,22-,23+,24+,25-,27+,28-/m1/s1. The number of hydrogen-bond acceptors (Lipinski definition) is 3. The van der Waals surface area contributed by atoms with Gasteiger partial charge in [-0.2, -0.15) is 0 Å². The van der Waals surface area contributed by atoms with Gasteiger partial charge in [-0.05, 0) is 117 Å². The maximum Gasteiger partial charge on any atom is 0.305 e. The zero-order valence-electron chi connectivity index (χ0n) is 22.0. The van der Waals surface area contributed by atoms with Crippen LogP contribution in [0.1, 0.15) is 91.4 Å². The van der Waals surface area contributed by atoms with Crippen LogP contribution in [-0.2, 0) is 14.0 Å². The molecule has 0 spiro atoms. The summed E-state index contributed by atoms with van der Waals surface area (Å²) in [4.78, 5) is 11.9. The maximum atomic E-state index is 11.9. The van der Waals surface area contributed by atoms with Crippen LogP contribution in [0, 0.1) is 46.3 Å². The predicted octanol–water partition coefficient (Wildman–Crippen LogP) is 7.45. The topological polar surface area (TPSA) is 35.5 Å². The molecule has 4 rings (SSSR count). The Labute approximate surface area is 198 Å². The van der Waals surface area contributed by atoms with Gasteiger partial charge >= 0.3 is 5.97 Å². The lowest BCUT2D eigenvalue weighted by atomic mass is 9.44. The van der Waals surface area contributed by atoms with E-state index in [-0.39, 0.29) is 11.4 Å². The van der Waals surface area contributed by atoms with Gasteiger partial charge in [0.15, 0.2) is 8.32 Å². The second-order valence-electron chi connectivity index (χ2n) is 13.5. The van der Waals surface area contributed by atoms with Gasteiger partial charge in [0.25, 0.3) is 0 Å². The van der Waals surface area contributed by atoms with Crippen LogP contribution in [0.25, 0.3) is 0 Å². The minimum Gasteiger partial charge on any atom is -0.469 e. The van der Waals surface area contributed by atoms with Crippen LogP contribution in [0.5, 0.6) is 0 Å². The summed E-state index contributed by atoms with van der Waals surface area (Å²) < 4.78 is 12.1. The molecule has 4 fully saturated rings. The van der Waals surface area contributed by atoms with Crippen molar-refractivity contribution in [3.05, 3.63) is 0 Å². The summed E-state index contributed by atoms with van der Waals surface area (Å²) in [5, 5.41) is 0. The second kappa shape index (κ2) is 9.02. The minimum atomic E-state index is -1.66. The molecule has 3 nitrogen and oxygen atoms in total. The Bertz CT molecular complexity index is 687. The first-order valence-corrected chi connectivity index (χ1v) is 17.2. The summed E-state index contributed by atoms with van der Waals surface area (Å²) >= 11 is 0. The van der Waals surface area contributed by atoms with Gasteiger partial charge in [0.2, 0.25) is 0 Å². The first-order chi connectivity index (χ1) is 15.0. The second-order valence-corrected chi connectivity index (χ2v) is 18.0. The largest absolute Gasteiger partial charge is 0.469 e. The van der Waals surface area contributed by atoms with Crippen LogP contribution in [0.4, 0.5) is 0 Å². The van der Waals surface area contributed by atoms with Crippen molar-refractivity contribution in [3.63, 3.8) is 0 Å². The van der Waals surface area contributed by atoms with Crippen LogP contribution < -0.4 is 0 Å². The van der Waals surface area contributed by atoms with Crippen molar-refractivity contribution < 1.29 is 14.0 Å². The van der Waals surface area contributed by atoms with Crippen LogP contribution >= 0.6 is 0 Å². The Kier molecular flexibility index (Phi) is 6.98. The fourth-order valence-corrected chi connectivity index (χ4v) is 10.6. The molecule has 0 heterocycles. The van der Waals surface area contributed by atoms with E-state index in [2.05, 4.69) is 40.4 Å². The number of methoxy groups -OCH3 is 1. The van der Waals surface area contributed by atoms with E-state index in [0.717, 1.165) is 30.1 Å². The van der Waals surface area contributed by atoms with Crippen molar-refractivity contribution in [1.82, 2.24) is 0 Å². The van der Waals surface area contributed by atoms with Gasteiger partial charge in [0.05, 0.1) is 13.2 Å². The van der Waals surface area contributed by atoms with Crippen LogP contribution in [0.3, 0.4) is 0 Å². The normalized spacial score (nSPS) is 44.8. The Morgan fingerprint density at radius 1 is 1.03 bits per heavy atom. The van der Waals surface area contributed by atoms with Crippen molar-refractivity contribution in [2.75, 3.05) is 7.11 Å². The molecular formula is C28H50O3Si. The Hall–Kier alpha value is -0.353. The lowest BCUT2D eigenvalue weighted by Gasteiger charge is -2.63. The van der Waals surface area contributed by atoms with Crippen LogP contribution in [0.15, 0.2) is 0 Å². The first-order valence-electron chi connectivity index (χ1n) is 13.8. The highest BCUT2D eigenvalue weighted by molar-refractivity contribution is 6.69. The summed E-state index contributed by atoms with van der Waals surface area (Å²) in [7, 11) is -0.141. The minimum absolute atomic E-state index is 0.0568. The van der Waals surface area contributed by atoms with Crippen molar-refractivity contribution in [3.8, 4) is 0 Å². The average molecular weight is 463 g/mol. The highest BCUT2D eigenvalue weighted by Gasteiger charge is 2.64. The third kappa shape index (κ3) is 4.25. The number of carbonyl (C=O) groups is 1. The van der Waals surface area contributed by atoms with E-state index < -0.39 is 8.32 Å². The lowest BCUT2D eigenvalue weighted by Crippen LogP contribution is -2.60. The third-order valence-corrected chi connectivity index (χ3v) is 11.9. The van der Waals surface area contributed by atoms with E-state index in [1.54, 1.807) is 0 Å². The van der Waals surface area contributed by atoms with Gasteiger partial charge in [-0.3, -0.25) is 4.79 Å². The number of carbonyl (C=O) groups excluding carboxylic acids is 1. The molecule has 9 atom stereocenters. The van der Waals surface area contributed by atoms with Crippen molar-refractivity contribution in [1.29, 1.82) is 0 Å². The monoisotopic (exact) mass is 462 g/mol. The summed E-state index contributed by atoms with van der Waals surface area (Å²) in [5.41, 5.74) is 0.799. The van der Waals surface area contributed by atoms with Crippen LogP contribution in [0.2, 0.25) is 19.6 Å². The Morgan fingerprint density at radius 2 is 1.78 bits per heavy atom. The van der Waals surface area contributed by atoms with E-state index in [9.17, 15) is 4.79 Å². The van der Waals surface area contributed by atoms with Gasteiger partial charge < -0.3 is 9.16 Å². The molecule has 0 saturated heterocycles. The van der Waals surface area contributed by atoms with Gasteiger partial charge in [0, 0.05) is 6.42 Å². The number of esters is 1. The van der Waals surface area contributed by atoms with Crippen molar-refractivity contribution in [2.45, 2.75) is 117 Å². The summed E-state index contributed by atoms with van der Waals surface area (Å²) in [6.07, 6.45) is 14.6.